The molecule has 2 aromatic carbocycles. The van der Waals surface area contributed by atoms with Gasteiger partial charge in [-0.3, -0.25) is 0 Å². The summed E-state index contributed by atoms with van der Waals surface area (Å²) in [7, 11) is 1.53. The number of benzene rings is 2. The van der Waals surface area contributed by atoms with Crippen LogP contribution in [0, 0.1) is 0 Å². The van der Waals surface area contributed by atoms with Crippen LogP contribution >= 0.6 is 27.3 Å². The normalized spacial score (nSPS) is 11.3. The molecule has 3 aromatic rings. The van der Waals surface area contributed by atoms with E-state index in [0.29, 0.717) is 10.2 Å². The van der Waals surface area contributed by atoms with Crippen LogP contribution < -0.4 is 4.74 Å². The number of aromatic nitrogens is 1. The summed E-state index contributed by atoms with van der Waals surface area (Å²) in [5.74, 6) is 0.544. The second-order valence-electron chi connectivity index (χ2n) is 4.41. The van der Waals surface area contributed by atoms with Gasteiger partial charge in [0.1, 0.15) is 5.01 Å². The molecule has 3 nitrogen and oxygen atoms in total. The summed E-state index contributed by atoms with van der Waals surface area (Å²) in [6.45, 7) is 0. The lowest BCUT2D eigenvalue weighted by Crippen LogP contribution is -1.85. The standard InChI is InChI=1S/C16H12BrNO2S/c1-20-13-9-10(8-11(17)16(13)19)6-7-15-18-12-4-2-3-5-14(12)21-15/h2-9,19H,1H3/b7-6+. The monoisotopic (exact) mass is 361 g/mol. The van der Waals surface area contributed by atoms with Gasteiger partial charge in [-0.1, -0.05) is 18.2 Å². The molecule has 0 unspecified atom stereocenters. The fourth-order valence-electron chi connectivity index (χ4n) is 1.97. The molecule has 106 valence electrons. The van der Waals surface area contributed by atoms with Gasteiger partial charge in [-0.2, -0.15) is 0 Å². The highest BCUT2D eigenvalue weighted by Crippen LogP contribution is 2.35. The minimum Gasteiger partial charge on any atom is -0.503 e. The molecule has 0 bridgehead atoms. The molecule has 5 heteroatoms. The molecule has 0 atom stereocenters. The maximum atomic E-state index is 9.80. The van der Waals surface area contributed by atoms with E-state index < -0.39 is 0 Å². The third-order valence-electron chi connectivity index (χ3n) is 3.00. The number of hydrogen-bond acceptors (Lipinski definition) is 4. The number of para-hydroxylation sites is 1. The van der Waals surface area contributed by atoms with Gasteiger partial charge in [0.05, 0.1) is 21.8 Å². The van der Waals surface area contributed by atoms with Gasteiger partial charge in [0, 0.05) is 0 Å². The molecule has 0 radical (unpaired) electrons. The van der Waals surface area contributed by atoms with Gasteiger partial charge in [-0.15, -0.1) is 11.3 Å². The van der Waals surface area contributed by atoms with Crippen LogP contribution in [0.15, 0.2) is 40.9 Å². The Balaban J connectivity index is 1.93. The molecule has 0 saturated carbocycles. The Bertz CT molecular complexity index is 793. The third-order valence-corrected chi connectivity index (χ3v) is 4.61. The quantitative estimate of drug-likeness (QED) is 0.717. The first-order valence-corrected chi connectivity index (χ1v) is 7.88. The summed E-state index contributed by atoms with van der Waals surface area (Å²) >= 11 is 4.96. The Morgan fingerprint density at radius 1 is 1.24 bits per heavy atom. The van der Waals surface area contributed by atoms with Gasteiger partial charge in [0.2, 0.25) is 0 Å². The number of methoxy groups -OCH3 is 1. The minimum absolute atomic E-state index is 0.106. The summed E-state index contributed by atoms with van der Waals surface area (Å²) in [4.78, 5) is 4.55. The first kappa shape index (κ1) is 14.1. The lowest BCUT2D eigenvalue weighted by atomic mass is 10.2. The number of nitrogens with zero attached hydrogens (tertiary/aromatic N) is 1. The number of thiazole rings is 1. The van der Waals surface area contributed by atoms with Gasteiger partial charge >= 0.3 is 0 Å². The van der Waals surface area contributed by atoms with Crippen molar-refractivity contribution in [3.05, 3.63) is 51.4 Å². The van der Waals surface area contributed by atoms with Crippen molar-refractivity contribution in [3.8, 4) is 11.5 Å². The molecule has 0 amide bonds. The van der Waals surface area contributed by atoms with Crippen molar-refractivity contribution in [2.45, 2.75) is 0 Å². The Labute approximate surface area is 134 Å². The van der Waals surface area contributed by atoms with Crippen LogP contribution in [-0.4, -0.2) is 17.2 Å². The van der Waals surface area contributed by atoms with Crippen LogP contribution in [0.5, 0.6) is 11.5 Å². The molecule has 1 N–H and O–H groups in total. The lowest BCUT2D eigenvalue weighted by Gasteiger charge is -2.06. The van der Waals surface area contributed by atoms with E-state index in [9.17, 15) is 5.11 Å². The lowest BCUT2D eigenvalue weighted by molar-refractivity contribution is 0.372. The number of ether oxygens (including phenoxy) is 1. The van der Waals surface area contributed by atoms with E-state index in [1.54, 1.807) is 17.4 Å². The molecule has 0 saturated heterocycles. The molecule has 0 fully saturated rings. The van der Waals surface area contributed by atoms with Crippen LogP contribution in [0.4, 0.5) is 0 Å². The summed E-state index contributed by atoms with van der Waals surface area (Å²) in [6, 6.07) is 11.7. The van der Waals surface area contributed by atoms with E-state index in [0.717, 1.165) is 16.1 Å². The third kappa shape index (κ3) is 2.94. The summed E-state index contributed by atoms with van der Waals surface area (Å²) in [6.07, 6.45) is 3.91. The number of phenolic OH excluding ortho intramolecular Hbond substituents is 1. The number of halogens is 1. The molecule has 3 rings (SSSR count). The van der Waals surface area contributed by atoms with E-state index in [1.165, 1.54) is 11.8 Å². The molecule has 0 aliphatic carbocycles. The molecular formula is C16H12BrNO2S. The van der Waals surface area contributed by atoms with Crippen LogP contribution in [0.1, 0.15) is 10.6 Å². The fourth-order valence-corrected chi connectivity index (χ4v) is 3.30. The highest BCUT2D eigenvalue weighted by Gasteiger charge is 2.07. The summed E-state index contributed by atoms with van der Waals surface area (Å²) in [5.41, 5.74) is 1.93. The van der Waals surface area contributed by atoms with Gasteiger partial charge < -0.3 is 9.84 Å². The van der Waals surface area contributed by atoms with Crippen molar-refractivity contribution in [2.75, 3.05) is 7.11 Å². The molecule has 21 heavy (non-hydrogen) atoms. The fraction of sp³-hybridized carbons (Fsp3) is 0.0625. The second-order valence-corrected chi connectivity index (χ2v) is 6.32. The van der Waals surface area contributed by atoms with Crippen molar-refractivity contribution in [3.63, 3.8) is 0 Å². The average molecular weight is 362 g/mol. The Kier molecular flexibility index (Phi) is 3.94. The Morgan fingerprint density at radius 3 is 2.81 bits per heavy atom. The number of fused-ring (bicyclic) bond motifs is 1. The largest absolute Gasteiger partial charge is 0.503 e. The highest BCUT2D eigenvalue weighted by molar-refractivity contribution is 9.10. The van der Waals surface area contributed by atoms with Crippen molar-refractivity contribution in [2.24, 2.45) is 0 Å². The van der Waals surface area contributed by atoms with E-state index in [1.807, 2.05) is 36.4 Å². The van der Waals surface area contributed by atoms with Crippen LogP contribution in [-0.2, 0) is 0 Å². The van der Waals surface area contributed by atoms with E-state index in [-0.39, 0.29) is 5.75 Å². The second kappa shape index (κ2) is 5.87. The van der Waals surface area contributed by atoms with Gasteiger partial charge in [-0.05, 0) is 51.8 Å². The maximum absolute atomic E-state index is 9.80. The average Bonchev–Trinajstić information content (AvgIpc) is 2.91. The molecule has 0 aliphatic rings. The van der Waals surface area contributed by atoms with Crippen molar-refractivity contribution >= 4 is 49.6 Å². The first-order valence-electron chi connectivity index (χ1n) is 6.27. The molecule has 0 spiro atoms. The van der Waals surface area contributed by atoms with Crippen molar-refractivity contribution < 1.29 is 9.84 Å². The zero-order valence-corrected chi connectivity index (χ0v) is 13.6. The maximum Gasteiger partial charge on any atom is 0.172 e. The number of phenols is 1. The Morgan fingerprint density at radius 2 is 2.05 bits per heavy atom. The predicted molar refractivity (Wildman–Crippen MR) is 90.9 cm³/mol. The zero-order chi connectivity index (χ0) is 14.8. The molecular weight excluding hydrogens is 350 g/mol. The van der Waals surface area contributed by atoms with Crippen LogP contribution in [0.25, 0.3) is 22.4 Å². The smallest absolute Gasteiger partial charge is 0.172 e. The molecule has 0 aliphatic heterocycles. The van der Waals surface area contributed by atoms with E-state index in [2.05, 4.69) is 27.0 Å². The zero-order valence-electron chi connectivity index (χ0n) is 11.2. The molecule has 1 heterocycles. The number of hydrogen-bond donors (Lipinski definition) is 1. The molecule has 1 aromatic heterocycles. The van der Waals surface area contributed by atoms with E-state index >= 15 is 0 Å². The van der Waals surface area contributed by atoms with Gasteiger partial charge in [0.25, 0.3) is 0 Å². The summed E-state index contributed by atoms with van der Waals surface area (Å²) < 4.78 is 6.91. The number of aromatic hydroxyl groups is 1. The predicted octanol–water partition coefficient (Wildman–Crippen LogP) is 4.94. The number of rotatable bonds is 3. The van der Waals surface area contributed by atoms with E-state index in [4.69, 9.17) is 4.74 Å². The van der Waals surface area contributed by atoms with Gasteiger partial charge in [0.15, 0.2) is 11.5 Å². The first-order chi connectivity index (χ1) is 10.2. The van der Waals surface area contributed by atoms with Crippen LogP contribution in [0.3, 0.4) is 0 Å². The Hall–Kier alpha value is -1.85. The minimum atomic E-state index is 0.106. The van der Waals surface area contributed by atoms with Crippen molar-refractivity contribution in [1.82, 2.24) is 4.98 Å². The summed E-state index contributed by atoms with van der Waals surface area (Å²) in [5, 5.41) is 10.7. The topological polar surface area (TPSA) is 42.4 Å². The SMILES string of the molecule is COc1cc(/C=C/c2nc3ccccc3s2)cc(Br)c1O. The van der Waals surface area contributed by atoms with Gasteiger partial charge in [-0.25, -0.2) is 4.98 Å². The van der Waals surface area contributed by atoms with Crippen molar-refractivity contribution in [1.29, 1.82) is 0 Å². The highest BCUT2D eigenvalue weighted by atomic mass is 79.9. The van der Waals surface area contributed by atoms with Crippen LogP contribution in [0.2, 0.25) is 0 Å².